The molecule has 0 radical (unpaired) electrons. The van der Waals surface area contributed by atoms with Crippen molar-refractivity contribution >= 4 is 29.4 Å². The molecule has 2 heterocycles. The van der Waals surface area contributed by atoms with Crippen LogP contribution in [0.25, 0.3) is 0 Å². The number of anilines is 1. The van der Waals surface area contributed by atoms with Crippen LogP contribution in [0.4, 0.5) is 5.69 Å². The fraction of sp³-hybridized carbons (Fsp3) is 0.533. The molecule has 42 heavy (non-hydrogen) atoms. The van der Waals surface area contributed by atoms with Crippen LogP contribution in [0.15, 0.2) is 47.8 Å². The van der Waals surface area contributed by atoms with Gasteiger partial charge in [-0.2, -0.15) is 0 Å². The van der Waals surface area contributed by atoms with E-state index in [2.05, 4.69) is 46.4 Å². The number of hydrogen-bond acceptors (Lipinski definition) is 7. The Kier molecular flexibility index (Phi) is 9.03. The number of imidazole rings is 1. The summed E-state index contributed by atoms with van der Waals surface area (Å²) in [5, 5.41) is 8.44. The van der Waals surface area contributed by atoms with Crippen LogP contribution in [-0.2, 0) is 32.7 Å². The Labute approximate surface area is 244 Å². The van der Waals surface area contributed by atoms with Crippen molar-refractivity contribution in [1.82, 2.24) is 24.8 Å². The van der Waals surface area contributed by atoms with Gasteiger partial charge >= 0.3 is 5.97 Å². The average molecular weight is 581 g/mol. The first-order valence-electron chi connectivity index (χ1n) is 14.2. The Balaban J connectivity index is 1.43. The zero-order chi connectivity index (χ0) is 30.7. The first kappa shape index (κ1) is 30.7. The van der Waals surface area contributed by atoms with E-state index in [1.165, 1.54) is 59.6 Å². The van der Waals surface area contributed by atoms with Gasteiger partial charge in [-0.05, 0) is 61.0 Å². The fourth-order valence-corrected chi connectivity index (χ4v) is 6.38. The maximum atomic E-state index is 13.3. The lowest BCUT2D eigenvalue weighted by Crippen LogP contribution is -2.48. The SMILES string of the molecule is COC(=O)/C=C/CC[C@H](NC(=O)c1cncn1C)C(=O)Nc1cccn(CC(=O)NC2CC3CC[C@]2(C)C3(C)C)c1=O. The van der Waals surface area contributed by atoms with Crippen LogP contribution in [0.3, 0.4) is 0 Å². The number of nitrogens with one attached hydrogen (secondary N) is 3. The second-order valence-corrected chi connectivity index (χ2v) is 12.0. The molecule has 0 aromatic carbocycles. The normalized spacial score (nSPS) is 23.0. The lowest BCUT2D eigenvalue weighted by Gasteiger charge is -2.39. The number of carbonyl (C=O) groups excluding carboxylic acids is 4. The lowest BCUT2D eigenvalue weighted by molar-refractivity contribution is -0.134. The third kappa shape index (κ3) is 6.17. The fourth-order valence-electron chi connectivity index (χ4n) is 6.38. The number of pyridine rings is 1. The summed E-state index contributed by atoms with van der Waals surface area (Å²) in [6, 6.07) is 2.04. The highest BCUT2D eigenvalue weighted by molar-refractivity contribution is 6.00. The summed E-state index contributed by atoms with van der Waals surface area (Å²) in [5.41, 5.74) is -0.159. The van der Waals surface area contributed by atoms with Gasteiger partial charge in [0.25, 0.3) is 11.5 Å². The Morgan fingerprint density at radius 2 is 2.00 bits per heavy atom. The molecule has 0 aliphatic heterocycles. The smallest absolute Gasteiger partial charge is 0.330 e. The largest absolute Gasteiger partial charge is 0.466 e. The number of allylic oxidation sites excluding steroid dienone is 1. The highest BCUT2D eigenvalue weighted by atomic mass is 16.5. The topological polar surface area (TPSA) is 153 Å². The minimum absolute atomic E-state index is 0.00900. The molecule has 4 rings (SSSR count). The van der Waals surface area contributed by atoms with E-state index in [-0.39, 0.29) is 53.5 Å². The predicted molar refractivity (Wildman–Crippen MR) is 155 cm³/mol. The Hall–Kier alpha value is -4.22. The molecule has 2 aromatic rings. The molecular weight excluding hydrogens is 540 g/mol. The summed E-state index contributed by atoms with van der Waals surface area (Å²) < 4.78 is 7.35. The molecule has 2 unspecified atom stereocenters. The molecule has 2 aliphatic rings. The quantitative estimate of drug-likeness (QED) is 0.272. The van der Waals surface area contributed by atoms with Gasteiger partial charge in [-0.1, -0.05) is 26.8 Å². The summed E-state index contributed by atoms with van der Waals surface area (Å²) in [5.74, 6) is -1.37. The molecule has 2 aliphatic carbocycles. The molecule has 0 spiro atoms. The van der Waals surface area contributed by atoms with Crippen LogP contribution < -0.4 is 21.5 Å². The van der Waals surface area contributed by atoms with Crippen LogP contribution in [0.1, 0.15) is 63.4 Å². The highest BCUT2D eigenvalue weighted by Gasteiger charge is 2.61. The highest BCUT2D eigenvalue weighted by Crippen LogP contribution is 2.65. The number of nitrogens with zero attached hydrogens (tertiary/aromatic N) is 3. The molecule has 2 fully saturated rings. The Morgan fingerprint density at radius 1 is 1.24 bits per heavy atom. The third-order valence-electron chi connectivity index (χ3n) is 9.47. The number of methoxy groups -OCH3 is 1. The van der Waals surface area contributed by atoms with E-state index in [1.807, 2.05) is 0 Å². The summed E-state index contributed by atoms with van der Waals surface area (Å²) in [7, 11) is 2.91. The minimum atomic E-state index is -1.03. The van der Waals surface area contributed by atoms with Crippen LogP contribution in [0.5, 0.6) is 0 Å². The molecule has 3 N–H and O–H groups in total. The first-order valence-corrected chi connectivity index (χ1v) is 14.2. The molecular formula is C30H40N6O6. The second kappa shape index (κ2) is 12.3. The van der Waals surface area contributed by atoms with E-state index in [1.54, 1.807) is 13.1 Å². The standard InChI is InChI=1S/C30H40N6O6/c1-29(2)19-12-13-30(29,3)23(15-19)34-24(37)17-36-14-8-10-21(28(36)41)33-26(39)20(9-6-7-11-25(38)42-5)32-27(40)22-16-31-18-35(22)4/h7-8,10-11,14,16,18-20,23H,6,9,12-13,15,17H2,1-5H3,(H,32,40)(H,33,39)(H,34,37)/b11-7+/t19?,20-,23?,30-/m0/s1. The van der Waals surface area contributed by atoms with Crippen molar-refractivity contribution in [2.75, 3.05) is 12.4 Å². The van der Waals surface area contributed by atoms with E-state index >= 15 is 0 Å². The Bertz CT molecular complexity index is 1440. The van der Waals surface area contributed by atoms with Crippen LogP contribution in [0.2, 0.25) is 0 Å². The number of ether oxygens (including phenoxy) is 1. The van der Waals surface area contributed by atoms with Crippen molar-refractivity contribution in [3.05, 3.63) is 59.1 Å². The zero-order valence-electron chi connectivity index (χ0n) is 24.8. The van der Waals surface area contributed by atoms with Crippen LogP contribution in [0, 0.1) is 16.7 Å². The van der Waals surface area contributed by atoms with E-state index in [4.69, 9.17) is 0 Å². The summed E-state index contributed by atoms with van der Waals surface area (Å²) in [4.78, 5) is 67.7. The molecule has 12 heteroatoms. The van der Waals surface area contributed by atoms with Gasteiger partial charge in [-0.3, -0.25) is 19.2 Å². The van der Waals surface area contributed by atoms with Gasteiger partial charge in [0.1, 0.15) is 24.0 Å². The van der Waals surface area contributed by atoms with Crippen LogP contribution >= 0.6 is 0 Å². The molecule has 12 nitrogen and oxygen atoms in total. The number of amides is 3. The molecule has 0 saturated heterocycles. The molecule has 4 atom stereocenters. The summed E-state index contributed by atoms with van der Waals surface area (Å²) in [6.45, 7) is 6.60. The van der Waals surface area contributed by atoms with Gasteiger partial charge in [-0.25, -0.2) is 9.78 Å². The van der Waals surface area contributed by atoms with Crippen molar-refractivity contribution in [1.29, 1.82) is 0 Å². The van der Waals surface area contributed by atoms with Crippen molar-refractivity contribution in [2.45, 2.75) is 71.5 Å². The summed E-state index contributed by atoms with van der Waals surface area (Å²) >= 11 is 0. The predicted octanol–water partition coefficient (Wildman–Crippen LogP) is 2.16. The maximum Gasteiger partial charge on any atom is 0.330 e. The lowest BCUT2D eigenvalue weighted by atomic mass is 9.69. The minimum Gasteiger partial charge on any atom is -0.466 e. The summed E-state index contributed by atoms with van der Waals surface area (Å²) in [6.07, 6.45) is 10.7. The third-order valence-corrected chi connectivity index (χ3v) is 9.47. The van der Waals surface area contributed by atoms with Gasteiger partial charge in [0.2, 0.25) is 11.8 Å². The number of hydrogen-bond donors (Lipinski definition) is 3. The van der Waals surface area contributed by atoms with Crippen molar-refractivity contribution < 1.29 is 23.9 Å². The van der Waals surface area contributed by atoms with Gasteiger partial charge < -0.3 is 29.8 Å². The average Bonchev–Trinajstić information content (AvgIpc) is 3.53. The van der Waals surface area contributed by atoms with E-state index in [9.17, 15) is 24.0 Å². The molecule has 3 amide bonds. The van der Waals surface area contributed by atoms with Crippen molar-refractivity contribution in [3.8, 4) is 0 Å². The van der Waals surface area contributed by atoms with Gasteiger partial charge in [-0.15, -0.1) is 0 Å². The Morgan fingerprint density at radius 3 is 2.62 bits per heavy atom. The number of esters is 1. The maximum absolute atomic E-state index is 13.3. The number of carbonyl (C=O) groups is 4. The van der Waals surface area contributed by atoms with Crippen LogP contribution in [-0.4, -0.2) is 57.0 Å². The molecule has 2 saturated carbocycles. The number of aromatic nitrogens is 3. The zero-order valence-corrected chi connectivity index (χ0v) is 24.8. The molecule has 226 valence electrons. The van der Waals surface area contributed by atoms with Crippen molar-refractivity contribution in [3.63, 3.8) is 0 Å². The molecule has 2 bridgehead atoms. The second-order valence-electron chi connectivity index (χ2n) is 12.0. The van der Waals surface area contributed by atoms with E-state index in [0.29, 0.717) is 5.92 Å². The first-order chi connectivity index (χ1) is 19.9. The van der Waals surface area contributed by atoms with E-state index in [0.717, 1.165) is 12.8 Å². The van der Waals surface area contributed by atoms with Gasteiger partial charge in [0.05, 0.1) is 19.6 Å². The van der Waals surface area contributed by atoms with Gasteiger partial charge in [0, 0.05) is 25.4 Å². The molecule has 2 aromatic heterocycles. The number of aryl methyl sites for hydroxylation is 1. The number of rotatable bonds is 11. The van der Waals surface area contributed by atoms with Crippen molar-refractivity contribution in [2.24, 2.45) is 23.8 Å². The number of fused-ring (bicyclic) bond motifs is 2. The van der Waals surface area contributed by atoms with E-state index < -0.39 is 29.4 Å². The van der Waals surface area contributed by atoms with Gasteiger partial charge in [0.15, 0.2) is 0 Å². The monoisotopic (exact) mass is 580 g/mol.